The van der Waals surface area contributed by atoms with Crippen molar-refractivity contribution < 1.29 is 10.0 Å². The van der Waals surface area contributed by atoms with Gasteiger partial charge in [0, 0.05) is 18.2 Å². The van der Waals surface area contributed by atoms with Gasteiger partial charge in [-0.2, -0.15) is 5.26 Å². The summed E-state index contributed by atoms with van der Waals surface area (Å²) < 4.78 is 0. The van der Waals surface area contributed by atoms with E-state index in [9.17, 15) is 15.2 Å². The van der Waals surface area contributed by atoms with Crippen molar-refractivity contribution in [2.24, 2.45) is 0 Å². The number of benzene rings is 1. The molecule has 0 aliphatic carbocycles. The molecule has 2 N–H and O–H groups in total. The Hall–Kier alpha value is -3.14. The molecule has 20 heavy (non-hydrogen) atoms. The predicted molar refractivity (Wildman–Crippen MR) is 71.0 cm³/mol. The van der Waals surface area contributed by atoms with Crippen LogP contribution in [0.1, 0.15) is 11.3 Å². The number of para-hydroxylation sites is 1. The number of nitriles is 1. The summed E-state index contributed by atoms with van der Waals surface area (Å²) in [6.07, 6.45) is 0. The maximum atomic E-state index is 10.7. The normalized spacial score (nSPS) is 9.75. The van der Waals surface area contributed by atoms with Crippen LogP contribution in [0.15, 0.2) is 36.4 Å². The fourth-order valence-corrected chi connectivity index (χ4v) is 1.63. The summed E-state index contributed by atoms with van der Waals surface area (Å²) in [7, 11) is 0. The van der Waals surface area contributed by atoms with Crippen LogP contribution in [0.3, 0.4) is 0 Å². The zero-order valence-corrected chi connectivity index (χ0v) is 10.3. The highest BCUT2D eigenvalue weighted by Crippen LogP contribution is 2.20. The van der Waals surface area contributed by atoms with Crippen molar-refractivity contribution in [1.82, 2.24) is 4.98 Å². The molecule has 1 aromatic heterocycles. The highest BCUT2D eigenvalue weighted by atomic mass is 16.6. The standard InChI is InChI=1S/C13H10N4O3/c14-7-10-11(17(19)20)5-6-13(16-10)15-8-9-3-1-2-4-12(9)18/h1-6,18H,8H2,(H,15,16). The van der Waals surface area contributed by atoms with E-state index in [1.165, 1.54) is 12.1 Å². The van der Waals surface area contributed by atoms with Gasteiger partial charge in [0.05, 0.1) is 4.92 Å². The summed E-state index contributed by atoms with van der Waals surface area (Å²) in [6, 6.07) is 11.1. The Morgan fingerprint density at radius 1 is 1.35 bits per heavy atom. The van der Waals surface area contributed by atoms with Crippen molar-refractivity contribution in [1.29, 1.82) is 5.26 Å². The summed E-state index contributed by atoms with van der Waals surface area (Å²) in [5.74, 6) is 0.470. The number of aromatic hydroxyl groups is 1. The Balaban J connectivity index is 2.17. The number of hydrogen-bond acceptors (Lipinski definition) is 6. The lowest BCUT2D eigenvalue weighted by Crippen LogP contribution is -2.04. The second-order valence-corrected chi connectivity index (χ2v) is 3.92. The average Bonchev–Trinajstić information content (AvgIpc) is 2.46. The van der Waals surface area contributed by atoms with Gasteiger partial charge >= 0.3 is 5.69 Å². The Morgan fingerprint density at radius 3 is 2.75 bits per heavy atom. The lowest BCUT2D eigenvalue weighted by Gasteiger charge is -2.07. The molecule has 100 valence electrons. The number of phenols is 1. The molecule has 0 unspecified atom stereocenters. The first-order chi connectivity index (χ1) is 9.61. The van der Waals surface area contributed by atoms with Gasteiger partial charge in [-0.1, -0.05) is 18.2 Å². The summed E-state index contributed by atoms with van der Waals surface area (Å²) in [6.45, 7) is 0.294. The number of nitrogens with zero attached hydrogens (tertiary/aromatic N) is 3. The third-order valence-electron chi connectivity index (χ3n) is 2.63. The molecule has 0 aliphatic heterocycles. The number of rotatable bonds is 4. The number of pyridine rings is 1. The van der Waals surface area contributed by atoms with Crippen molar-refractivity contribution >= 4 is 11.5 Å². The number of nitro groups is 1. The third-order valence-corrected chi connectivity index (χ3v) is 2.63. The monoisotopic (exact) mass is 270 g/mol. The summed E-state index contributed by atoms with van der Waals surface area (Å²) >= 11 is 0. The first-order valence-corrected chi connectivity index (χ1v) is 5.68. The molecule has 0 radical (unpaired) electrons. The van der Waals surface area contributed by atoms with Gasteiger partial charge in [0.25, 0.3) is 0 Å². The smallest absolute Gasteiger partial charge is 0.305 e. The molecule has 0 bridgehead atoms. The zero-order chi connectivity index (χ0) is 14.5. The topological polar surface area (TPSA) is 112 Å². The molecule has 0 atom stereocenters. The molecule has 0 saturated heterocycles. The van der Waals surface area contributed by atoms with Crippen molar-refractivity contribution in [2.75, 3.05) is 5.32 Å². The molecule has 0 saturated carbocycles. The van der Waals surface area contributed by atoms with E-state index in [1.807, 2.05) is 0 Å². The molecule has 0 spiro atoms. The largest absolute Gasteiger partial charge is 0.508 e. The van der Waals surface area contributed by atoms with Crippen LogP contribution in [-0.4, -0.2) is 15.0 Å². The second-order valence-electron chi connectivity index (χ2n) is 3.92. The quantitative estimate of drug-likeness (QED) is 0.650. The first-order valence-electron chi connectivity index (χ1n) is 5.68. The zero-order valence-electron chi connectivity index (χ0n) is 10.3. The SMILES string of the molecule is N#Cc1nc(NCc2ccccc2O)ccc1[N+](=O)[O-]. The van der Waals surface area contributed by atoms with E-state index in [2.05, 4.69) is 10.3 Å². The Morgan fingerprint density at radius 2 is 2.10 bits per heavy atom. The van der Waals surface area contributed by atoms with Gasteiger partial charge < -0.3 is 10.4 Å². The van der Waals surface area contributed by atoms with E-state index >= 15 is 0 Å². The number of aromatic nitrogens is 1. The van der Waals surface area contributed by atoms with Crippen LogP contribution in [0, 0.1) is 21.4 Å². The van der Waals surface area contributed by atoms with Crippen LogP contribution in [0.2, 0.25) is 0 Å². The second kappa shape index (κ2) is 5.67. The highest BCUT2D eigenvalue weighted by Gasteiger charge is 2.15. The molecule has 7 heteroatoms. The van der Waals surface area contributed by atoms with Crippen LogP contribution in [0.5, 0.6) is 5.75 Å². The first kappa shape index (κ1) is 13.3. The molecule has 1 heterocycles. The maximum Gasteiger partial charge on any atom is 0.305 e. The van der Waals surface area contributed by atoms with E-state index < -0.39 is 4.92 Å². The van der Waals surface area contributed by atoms with Crippen LogP contribution in [0.4, 0.5) is 11.5 Å². The highest BCUT2D eigenvalue weighted by molar-refractivity contribution is 5.50. The minimum Gasteiger partial charge on any atom is -0.508 e. The van der Waals surface area contributed by atoms with E-state index in [0.717, 1.165) is 0 Å². The maximum absolute atomic E-state index is 10.7. The Kier molecular flexibility index (Phi) is 3.77. The van der Waals surface area contributed by atoms with Gasteiger partial charge in [0.2, 0.25) is 5.69 Å². The number of anilines is 1. The lowest BCUT2D eigenvalue weighted by atomic mass is 10.2. The predicted octanol–water partition coefficient (Wildman–Crippen LogP) is 2.18. The lowest BCUT2D eigenvalue weighted by molar-refractivity contribution is -0.385. The molecular formula is C13H10N4O3. The molecule has 2 rings (SSSR count). The number of nitrogens with one attached hydrogen (secondary N) is 1. The molecule has 1 aromatic carbocycles. The van der Waals surface area contributed by atoms with Crippen LogP contribution in [-0.2, 0) is 6.54 Å². The molecule has 0 aliphatic rings. The van der Waals surface area contributed by atoms with Gasteiger partial charge in [0.15, 0.2) is 0 Å². The Labute approximate surface area is 114 Å². The van der Waals surface area contributed by atoms with Crippen LogP contribution >= 0.6 is 0 Å². The minimum absolute atomic E-state index is 0.141. The van der Waals surface area contributed by atoms with Crippen molar-refractivity contribution in [2.45, 2.75) is 6.54 Å². The molecule has 7 nitrogen and oxygen atoms in total. The molecule has 0 fully saturated rings. The van der Waals surface area contributed by atoms with Crippen LogP contribution < -0.4 is 5.32 Å². The van der Waals surface area contributed by atoms with Gasteiger partial charge in [-0.05, 0) is 12.1 Å². The van der Waals surface area contributed by atoms with E-state index in [0.29, 0.717) is 17.9 Å². The van der Waals surface area contributed by atoms with E-state index in [-0.39, 0.29) is 17.1 Å². The molecular weight excluding hydrogens is 260 g/mol. The average molecular weight is 270 g/mol. The molecule has 2 aromatic rings. The number of hydrogen-bond donors (Lipinski definition) is 2. The minimum atomic E-state index is -0.654. The summed E-state index contributed by atoms with van der Waals surface area (Å²) in [5, 5.41) is 32.0. The third kappa shape index (κ3) is 2.81. The van der Waals surface area contributed by atoms with E-state index in [1.54, 1.807) is 30.3 Å². The van der Waals surface area contributed by atoms with Crippen molar-refractivity contribution in [3.8, 4) is 11.8 Å². The van der Waals surface area contributed by atoms with Gasteiger partial charge in [-0.25, -0.2) is 4.98 Å². The summed E-state index contributed by atoms with van der Waals surface area (Å²) in [5.41, 5.74) is 0.0732. The fourth-order valence-electron chi connectivity index (χ4n) is 1.63. The van der Waals surface area contributed by atoms with Crippen molar-refractivity contribution in [3.05, 3.63) is 57.8 Å². The number of phenolic OH excluding ortho intramolecular Hbond substituents is 1. The Bertz CT molecular complexity index is 694. The van der Waals surface area contributed by atoms with Crippen molar-refractivity contribution in [3.63, 3.8) is 0 Å². The van der Waals surface area contributed by atoms with Crippen LogP contribution in [0.25, 0.3) is 0 Å². The van der Waals surface area contributed by atoms with Gasteiger partial charge in [0.1, 0.15) is 17.6 Å². The molecule has 0 amide bonds. The fraction of sp³-hybridized carbons (Fsp3) is 0.0769. The summed E-state index contributed by atoms with van der Waals surface area (Å²) in [4.78, 5) is 13.9. The van der Waals surface area contributed by atoms with Gasteiger partial charge in [-0.3, -0.25) is 10.1 Å². The van der Waals surface area contributed by atoms with E-state index in [4.69, 9.17) is 5.26 Å². The van der Waals surface area contributed by atoms with Gasteiger partial charge in [-0.15, -0.1) is 0 Å².